The fourth-order valence-corrected chi connectivity index (χ4v) is 0.725. The first-order valence-corrected chi connectivity index (χ1v) is 3.49. The zero-order valence-electron chi connectivity index (χ0n) is 6.73. The van der Waals surface area contributed by atoms with Crippen molar-refractivity contribution in [2.45, 2.75) is 0 Å². The van der Waals surface area contributed by atoms with Crippen LogP contribution in [0.25, 0.3) is 0 Å². The van der Waals surface area contributed by atoms with Gasteiger partial charge in [-0.3, -0.25) is 0 Å². The molecule has 0 unspecified atom stereocenters. The van der Waals surface area contributed by atoms with E-state index in [-0.39, 0.29) is 17.2 Å². The van der Waals surface area contributed by atoms with Crippen LogP contribution in [0, 0.1) is 0 Å². The van der Waals surface area contributed by atoms with Crippen molar-refractivity contribution >= 4 is 5.97 Å². The Bertz CT molecular complexity index is 343. The van der Waals surface area contributed by atoms with E-state index in [1.165, 1.54) is 12.1 Å². The van der Waals surface area contributed by atoms with Crippen LogP contribution in [0.15, 0.2) is 30.9 Å². The van der Waals surface area contributed by atoms with E-state index < -0.39 is 5.97 Å². The number of hydrogen-bond donors (Lipinski definition) is 2. The van der Waals surface area contributed by atoms with E-state index in [1.807, 2.05) is 0 Å². The highest BCUT2D eigenvalue weighted by molar-refractivity contribution is 5.83. The number of phenols is 2. The van der Waals surface area contributed by atoms with Crippen LogP contribution in [-0.2, 0) is 4.79 Å². The van der Waals surface area contributed by atoms with E-state index >= 15 is 0 Å². The number of carbonyl (C=O) groups is 1. The van der Waals surface area contributed by atoms with Gasteiger partial charge in [0.05, 0.1) is 0 Å². The summed E-state index contributed by atoms with van der Waals surface area (Å²) < 4.78 is 4.67. The van der Waals surface area contributed by atoms with Gasteiger partial charge in [-0.2, -0.15) is 0 Å². The van der Waals surface area contributed by atoms with Gasteiger partial charge in [-0.25, -0.2) is 4.79 Å². The van der Waals surface area contributed by atoms with Crippen LogP contribution in [0.2, 0.25) is 0 Å². The highest BCUT2D eigenvalue weighted by Gasteiger charge is 2.03. The van der Waals surface area contributed by atoms with Gasteiger partial charge in [0.25, 0.3) is 0 Å². The molecule has 0 bridgehead atoms. The third-order valence-electron chi connectivity index (χ3n) is 1.33. The summed E-state index contributed by atoms with van der Waals surface area (Å²) in [6.45, 7) is 3.21. The Morgan fingerprint density at radius 3 is 2.62 bits per heavy atom. The summed E-state index contributed by atoms with van der Waals surface area (Å²) in [5.74, 6) is -1.07. The molecule has 13 heavy (non-hydrogen) atoms. The van der Waals surface area contributed by atoms with Gasteiger partial charge >= 0.3 is 5.97 Å². The fourth-order valence-electron chi connectivity index (χ4n) is 0.725. The molecule has 0 aromatic heterocycles. The summed E-state index contributed by atoms with van der Waals surface area (Å²) in [6, 6.07) is 3.72. The number of esters is 1. The molecule has 0 atom stereocenters. The number of rotatable bonds is 2. The molecule has 0 fully saturated rings. The van der Waals surface area contributed by atoms with Crippen LogP contribution >= 0.6 is 0 Å². The van der Waals surface area contributed by atoms with Crippen molar-refractivity contribution in [3.05, 3.63) is 30.9 Å². The summed E-state index contributed by atoms with van der Waals surface area (Å²) in [4.78, 5) is 10.7. The molecular weight excluding hydrogens is 172 g/mol. The number of ether oxygens (including phenoxy) is 1. The van der Waals surface area contributed by atoms with Gasteiger partial charge in [-0.1, -0.05) is 6.58 Å². The average molecular weight is 180 g/mol. The second kappa shape index (κ2) is 3.62. The van der Waals surface area contributed by atoms with Crippen molar-refractivity contribution in [1.82, 2.24) is 0 Å². The third kappa shape index (κ3) is 2.23. The van der Waals surface area contributed by atoms with Gasteiger partial charge in [0.15, 0.2) is 11.5 Å². The van der Waals surface area contributed by atoms with Crippen molar-refractivity contribution in [3.63, 3.8) is 0 Å². The molecule has 0 saturated heterocycles. The molecule has 0 amide bonds. The molecule has 1 aromatic rings. The van der Waals surface area contributed by atoms with Crippen molar-refractivity contribution < 1.29 is 19.7 Å². The highest BCUT2D eigenvalue weighted by atomic mass is 16.5. The highest BCUT2D eigenvalue weighted by Crippen LogP contribution is 2.28. The molecule has 1 rings (SSSR count). The Balaban J connectivity index is 2.85. The molecule has 2 N–H and O–H groups in total. The van der Waals surface area contributed by atoms with Crippen LogP contribution in [-0.4, -0.2) is 16.2 Å². The van der Waals surface area contributed by atoms with Gasteiger partial charge in [0, 0.05) is 12.1 Å². The maximum Gasteiger partial charge on any atom is 0.335 e. The second-order valence-corrected chi connectivity index (χ2v) is 2.28. The number of hydrogen-bond acceptors (Lipinski definition) is 4. The smallest absolute Gasteiger partial charge is 0.335 e. The molecule has 0 spiro atoms. The topological polar surface area (TPSA) is 66.8 Å². The zero-order valence-corrected chi connectivity index (χ0v) is 6.73. The first-order valence-electron chi connectivity index (χ1n) is 3.49. The molecule has 0 saturated carbocycles. The van der Waals surface area contributed by atoms with Crippen molar-refractivity contribution in [1.29, 1.82) is 0 Å². The molecule has 0 heterocycles. The lowest BCUT2D eigenvalue weighted by molar-refractivity contribution is -0.128. The maximum absolute atomic E-state index is 10.7. The Hall–Kier alpha value is -1.97. The van der Waals surface area contributed by atoms with Gasteiger partial charge in [0.1, 0.15) is 5.75 Å². The molecule has 0 radical (unpaired) electrons. The van der Waals surface area contributed by atoms with Gasteiger partial charge < -0.3 is 14.9 Å². The number of phenolic OH excluding ortho intramolecular Hbond substituents is 2. The molecule has 1 aromatic carbocycles. The summed E-state index contributed by atoms with van der Waals surface area (Å²) in [7, 11) is 0. The molecule has 0 aliphatic heterocycles. The lowest BCUT2D eigenvalue weighted by Crippen LogP contribution is -2.02. The molecule has 4 nitrogen and oxygen atoms in total. The summed E-state index contributed by atoms with van der Waals surface area (Å²) in [5, 5.41) is 17.9. The monoisotopic (exact) mass is 180 g/mol. The molecule has 0 aliphatic carbocycles. The molecule has 4 heteroatoms. The Kier molecular flexibility index (Phi) is 2.54. The van der Waals surface area contributed by atoms with Crippen molar-refractivity contribution in [3.8, 4) is 17.2 Å². The first-order chi connectivity index (χ1) is 6.13. The van der Waals surface area contributed by atoms with E-state index in [9.17, 15) is 4.79 Å². The van der Waals surface area contributed by atoms with Gasteiger partial charge in [0.2, 0.25) is 0 Å². The van der Waals surface area contributed by atoms with E-state index in [1.54, 1.807) is 0 Å². The normalized spacial score (nSPS) is 9.23. The van der Waals surface area contributed by atoms with E-state index in [0.717, 1.165) is 12.1 Å². The predicted molar refractivity (Wildman–Crippen MR) is 45.6 cm³/mol. The quantitative estimate of drug-likeness (QED) is 0.310. The van der Waals surface area contributed by atoms with E-state index in [0.29, 0.717) is 0 Å². The Labute approximate surface area is 74.7 Å². The van der Waals surface area contributed by atoms with Gasteiger partial charge in [-0.05, 0) is 12.1 Å². The fraction of sp³-hybridized carbons (Fsp3) is 0. The summed E-state index contributed by atoms with van der Waals surface area (Å²) in [6.07, 6.45) is 1.00. The minimum Gasteiger partial charge on any atom is -0.504 e. The number of carbonyl (C=O) groups excluding carboxylic acids is 1. The van der Waals surface area contributed by atoms with Crippen molar-refractivity contribution in [2.75, 3.05) is 0 Å². The van der Waals surface area contributed by atoms with E-state index in [4.69, 9.17) is 10.2 Å². The Morgan fingerprint density at radius 2 is 2.08 bits per heavy atom. The van der Waals surface area contributed by atoms with Crippen LogP contribution < -0.4 is 4.74 Å². The molecular formula is C9H8O4. The third-order valence-corrected chi connectivity index (χ3v) is 1.33. The first kappa shape index (κ1) is 9.12. The largest absolute Gasteiger partial charge is 0.504 e. The van der Waals surface area contributed by atoms with Crippen LogP contribution in [0.4, 0.5) is 0 Å². The summed E-state index contributed by atoms with van der Waals surface area (Å²) in [5.41, 5.74) is 0. The standard InChI is InChI=1S/C9H8O4/c1-2-9(12)13-6-3-4-7(10)8(11)5-6/h2-5,10-11H,1H2. The van der Waals surface area contributed by atoms with Crippen LogP contribution in [0.5, 0.6) is 17.2 Å². The maximum atomic E-state index is 10.7. The minimum atomic E-state index is -0.620. The zero-order chi connectivity index (χ0) is 9.84. The predicted octanol–water partition coefficient (Wildman–Crippen LogP) is 1.19. The van der Waals surface area contributed by atoms with Gasteiger partial charge in [-0.15, -0.1) is 0 Å². The SMILES string of the molecule is C=CC(=O)Oc1ccc(O)c(O)c1. The summed E-state index contributed by atoms with van der Waals surface area (Å²) >= 11 is 0. The average Bonchev–Trinajstić information content (AvgIpc) is 2.11. The van der Waals surface area contributed by atoms with Crippen LogP contribution in [0.1, 0.15) is 0 Å². The number of aromatic hydroxyl groups is 2. The Morgan fingerprint density at radius 1 is 1.38 bits per heavy atom. The minimum absolute atomic E-state index is 0.153. The molecule has 0 aliphatic rings. The number of benzene rings is 1. The lowest BCUT2D eigenvalue weighted by atomic mass is 10.3. The van der Waals surface area contributed by atoms with E-state index in [2.05, 4.69) is 11.3 Å². The molecule has 68 valence electrons. The lowest BCUT2D eigenvalue weighted by Gasteiger charge is -2.02. The van der Waals surface area contributed by atoms with Crippen LogP contribution in [0.3, 0.4) is 0 Å². The second-order valence-electron chi connectivity index (χ2n) is 2.28. The van der Waals surface area contributed by atoms with Crippen molar-refractivity contribution in [2.24, 2.45) is 0 Å².